The smallest absolute Gasteiger partial charge is 0.0709 e. The van der Waals surface area contributed by atoms with Gasteiger partial charge in [0.05, 0.1) is 17.1 Å². The number of pyridine rings is 2. The van der Waals surface area contributed by atoms with Gasteiger partial charge in [0.1, 0.15) is 0 Å². The van der Waals surface area contributed by atoms with Crippen LogP contribution in [0.4, 0.5) is 17.1 Å². The Morgan fingerprint density at radius 1 is 0.500 bits per heavy atom. The van der Waals surface area contributed by atoms with Gasteiger partial charge in [-0.2, -0.15) is 0 Å². The summed E-state index contributed by atoms with van der Waals surface area (Å²) in [7, 11) is 0. The molecule has 0 saturated carbocycles. The van der Waals surface area contributed by atoms with E-state index in [0.717, 1.165) is 57.1 Å². The van der Waals surface area contributed by atoms with Gasteiger partial charge in [0, 0.05) is 40.3 Å². The van der Waals surface area contributed by atoms with E-state index in [9.17, 15) is 0 Å². The first-order valence-corrected chi connectivity index (χ1v) is 18.1. The molecule has 3 nitrogen and oxygen atoms in total. The van der Waals surface area contributed by atoms with E-state index >= 15 is 0 Å². The van der Waals surface area contributed by atoms with Crippen LogP contribution >= 0.6 is 0 Å². The van der Waals surface area contributed by atoms with Gasteiger partial charge in [0.25, 0.3) is 0 Å². The number of hydrogen-bond acceptors (Lipinski definition) is 3. The molecule has 0 radical (unpaired) electrons. The summed E-state index contributed by atoms with van der Waals surface area (Å²) in [4.78, 5) is 12.2. The molecule has 3 heteroatoms. The van der Waals surface area contributed by atoms with Crippen LogP contribution < -0.4 is 4.90 Å². The Labute approximate surface area is 306 Å². The van der Waals surface area contributed by atoms with Crippen molar-refractivity contribution in [3.8, 4) is 44.8 Å². The summed E-state index contributed by atoms with van der Waals surface area (Å²) < 4.78 is 0. The van der Waals surface area contributed by atoms with E-state index in [0.29, 0.717) is 5.92 Å². The molecule has 0 unspecified atom stereocenters. The normalized spacial score (nSPS) is 11.2. The van der Waals surface area contributed by atoms with Crippen LogP contribution in [0.15, 0.2) is 176 Å². The third-order valence-corrected chi connectivity index (χ3v) is 9.72. The van der Waals surface area contributed by atoms with Crippen molar-refractivity contribution in [1.29, 1.82) is 0 Å². The van der Waals surface area contributed by atoms with Crippen LogP contribution in [-0.4, -0.2) is 9.97 Å². The lowest BCUT2D eigenvalue weighted by Crippen LogP contribution is -2.11. The molecule has 252 valence electrons. The Morgan fingerprint density at radius 2 is 1.10 bits per heavy atom. The second-order valence-electron chi connectivity index (χ2n) is 13.9. The molecule has 2 aromatic heterocycles. The zero-order valence-electron chi connectivity index (χ0n) is 29.9. The highest BCUT2D eigenvalue weighted by molar-refractivity contribution is 6.01. The lowest BCUT2D eigenvalue weighted by atomic mass is 9.95. The van der Waals surface area contributed by atoms with Gasteiger partial charge in [-0.15, -0.1) is 0 Å². The Morgan fingerprint density at radius 3 is 1.77 bits per heavy atom. The van der Waals surface area contributed by atoms with Gasteiger partial charge in [0.15, 0.2) is 0 Å². The topological polar surface area (TPSA) is 29.0 Å². The summed E-state index contributed by atoms with van der Waals surface area (Å²) in [6, 6.07) is 58.5. The monoisotopic (exact) mass is 671 g/mol. The Kier molecular flexibility index (Phi) is 9.16. The van der Waals surface area contributed by atoms with Crippen LogP contribution in [0.1, 0.15) is 25.0 Å². The Hall–Kier alpha value is -6.32. The van der Waals surface area contributed by atoms with Crippen LogP contribution in [0.2, 0.25) is 0 Å². The highest BCUT2D eigenvalue weighted by Gasteiger charge is 2.19. The molecule has 52 heavy (non-hydrogen) atoms. The largest absolute Gasteiger partial charge is 0.310 e. The minimum atomic E-state index is 0.556. The molecule has 0 atom stereocenters. The van der Waals surface area contributed by atoms with Crippen LogP contribution in [-0.2, 0) is 6.42 Å². The van der Waals surface area contributed by atoms with Crippen molar-refractivity contribution in [2.45, 2.75) is 27.2 Å². The van der Waals surface area contributed by atoms with E-state index in [2.05, 4.69) is 189 Å². The first-order valence-electron chi connectivity index (χ1n) is 18.1. The molecule has 2 heterocycles. The van der Waals surface area contributed by atoms with Gasteiger partial charge < -0.3 is 4.90 Å². The third kappa shape index (κ3) is 6.74. The van der Waals surface area contributed by atoms with Crippen molar-refractivity contribution < 1.29 is 0 Å². The van der Waals surface area contributed by atoms with Crippen molar-refractivity contribution in [2.75, 3.05) is 4.90 Å². The second-order valence-corrected chi connectivity index (χ2v) is 13.9. The highest BCUT2D eigenvalue weighted by Crippen LogP contribution is 2.42. The number of hydrogen-bond donors (Lipinski definition) is 0. The third-order valence-electron chi connectivity index (χ3n) is 9.72. The van der Waals surface area contributed by atoms with Crippen molar-refractivity contribution in [3.63, 3.8) is 0 Å². The fourth-order valence-electron chi connectivity index (χ4n) is 7.20. The van der Waals surface area contributed by atoms with Gasteiger partial charge in [-0.05, 0) is 107 Å². The number of fused-ring (bicyclic) bond motifs is 1. The van der Waals surface area contributed by atoms with Crippen LogP contribution in [0.25, 0.3) is 55.5 Å². The lowest BCUT2D eigenvalue weighted by Gasteiger charge is -2.28. The number of aromatic nitrogens is 2. The lowest BCUT2D eigenvalue weighted by molar-refractivity contribution is 0.650. The van der Waals surface area contributed by atoms with Crippen LogP contribution in [0.5, 0.6) is 0 Å². The van der Waals surface area contributed by atoms with E-state index < -0.39 is 0 Å². The molecule has 0 aliphatic rings. The molecule has 0 amide bonds. The molecule has 0 fully saturated rings. The molecule has 8 rings (SSSR count). The van der Waals surface area contributed by atoms with E-state index in [1.165, 1.54) is 33.0 Å². The quantitative estimate of drug-likeness (QED) is 0.153. The number of aryl methyl sites for hydroxylation is 1. The Bertz CT molecular complexity index is 2480. The summed E-state index contributed by atoms with van der Waals surface area (Å²) >= 11 is 0. The number of benzene rings is 6. The minimum Gasteiger partial charge on any atom is -0.310 e. The molecule has 0 saturated heterocycles. The maximum absolute atomic E-state index is 4.93. The number of rotatable bonds is 9. The molecular weight excluding hydrogens is 631 g/mol. The fourth-order valence-corrected chi connectivity index (χ4v) is 7.20. The first kappa shape index (κ1) is 32.9. The maximum atomic E-state index is 4.93. The average molecular weight is 672 g/mol. The van der Waals surface area contributed by atoms with Crippen molar-refractivity contribution in [1.82, 2.24) is 9.97 Å². The molecule has 0 bridgehead atoms. The molecule has 0 aliphatic heterocycles. The zero-order valence-corrected chi connectivity index (χ0v) is 29.9. The average Bonchev–Trinajstić information content (AvgIpc) is 3.20. The van der Waals surface area contributed by atoms with Gasteiger partial charge >= 0.3 is 0 Å². The predicted octanol–water partition coefficient (Wildman–Crippen LogP) is 13.3. The SMILES string of the molecule is Cc1cnc(-c2cccc(N(c3cccc(-c4cc(-c5ccccc5)ccn4)c3)c3ccc(CC(C)C)c4ccccc34)c2)cc1-c1ccccc1. The first-order chi connectivity index (χ1) is 25.5. The van der Waals surface area contributed by atoms with Crippen LogP contribution in [0, 0.1) is 12.8 Å². The summed E-state index contributed by atoms with van der Waals surface area (Å²) in [5, 5.41) is 2.51. The van der Waals surface area contributed by atoms with E-state index in [1.54, 1.807) is 0 Å². The van der Waals surface area contributed by atoms with Gasteiger partial charge in [0.2, 0.25) is 0 Å². The molecule has 0 spiro atoms. The van der Waals surface area contributed by atoms with Gasteiger partial charge in [-0.3, -0.25) is 9.97 Å². The highest BCUT2D eigenvalue weighted by atomic mass is 15.1. The van der Waals surface area contributed by atoms with E-state index in [1.807, 2.05) is 12.4 Å². The predicted molar refractivity (Wildman–Crippen MR) is 219 cm³/mol. The molecule has 0 aliphatic carbocycles. The van der Waals surface area contributed by atoms with E-state index in [-0.39, 0.29) is 0 Å². The molecular formula is C49H41N3. The standard InChI is InChI=1S/C49H41N3/c1-34(2)28-39-24-25-49(45-23-11-10-22-44(39)45)52(42-20-12-18-40(29-42)47-31-38(26-27-50-47)36-14-6-4-7-15-36)43-21-13-19-41(30-43)48-32-46(35(3)33-51-48)37-16-8-5-9-17-37/h4-27,29-34H,28H2,1-3H3. The van der Waals surface area contributed by atoms with Crippen LogP contribution in [0.3, 0.4) is 0 Å². The van der Waals surface area contributed by atoms with Crippen molar-refractivity contribution in [3.05, 3.63) is 187 Å². The van der Waals surface area contributed by atoms with Gasteiger partial charge in [-0.1, -0.05) is 129 Å². The van der Waals surface area contributed by atoms with Crippen molar-refractivity contribution >= 4 is 27.8 Å². The molecule has 0 N–H and O–H groups in total. The molecule has 6 aromatic carbocycles. The van der Waals surface area contributed by atoms with Crippen molar-refractivity contribution in [2.24, 2.45) is 5.92 Å². The summed E-state index contributed by atoms with van der Waals surface area (Å²) in [5.41, 5.74) is 14.5. The number of nitrogens with zero attached hydrogens (tertiary/aromatic N) is 3. The summed E-state index contributed by atoms with van der Waals surface area (Å²) in [6.45, 7) is 6.70. The minimum absolute atomic E-state index is 0.556. The maximum Gasteiger partial charge on any atom is 0.0709 e. The summed E-state index contributed by atoms with van der Waals surface area (Å²) in [5.74, 6) is 0.556. The zero-order chi connectivity index (χ0) is 35.4. The fraction of sp³-hybridized carbons (Fsp3) is 0.102. The Balaban J connectivity index is 1.29. The second kappa shape index (κ2) is 14.5. The molecule has 8 aromatic rings. The van der Waals surface area contributed by atoms with E-state index in [4.69, 9.17) is 9.97 Å². The van der Waals surface area contributed by atoms with Gasteiger partial charge in [-0.25, -0.2) is 0 Å². The summed E-state index contributed by atoms with van der Waals surface area (Å²) in [6.07, 6.45) is 4.92. The number of anilines is 3.